The second kappa shape index (κ2) is 6.22. The Morgan fingerprint density at radius 3 is 2.81 bits per heavy atom. The van der Waals surface area contributed by atoms with Crippen LogP contribution in [0.4, 0.5) is 0 Å². The lowest BCUT2D eigenvalue weighted by atomic mass is 10.2. The molecule has 0 N–H and O–H groups in total. The molecular formula is C15H21N2O4+. The van der Waals surface area contributed by atoms with Gasteiger partial charge in [-0.1, -0.05) is 0 Å². The van der Waals surface area contributed by atoms with Crippen molar-refractivity contribution >= 4 is 11.9 Å². The van der Waals surface area contributed by atoms with Gasteiger partial charge < -0.3 is 14.4 Å². The summed E-state index contributed by atoms with van der Waals surface area (Å²) in [5.41, 5.74) is -0.182. The van der Waals surface area contributed by atoms with Gasteiger partial charge >= 0.3 is 11.9 Å². The van der Waals surface area contributed by atoms with Crippen LogP contribution >= 0.6 is 0 Å². The Morgan fingerprint density at radius 1 is 1.43 bits per heavy atom. The number of rotatable bonds is 4. The van der Waals surface area contributed by atoms with Crippen molar-refractivity contribution in [1.82, 2.24) is 4.90 Å². The predicted octanol–water partition coefficient (Wildman–Crippen LogP) is 0.746. The number of pyridine rings is 1. The fraction of sp³-hybridized carbons (Fsp3) is 0.533. The summed E-state index contributed by atoms with van der Waals surface area (Å²) >= 11 is 0. The third-order valence-corrected chi connectivity index (χ3v) is 3.43. The van der Waals surface area contributed by atoms with Crippen LogP contribution in [0.3, 0.4) is 0 Å². The molecule has 1 amide bonds. The normalized spacial score (nSPS) is 16.8. The van der Waals surface area contributed by atoms with Gasteiger partial charge in [-0.2, -0.15) is 4.57 Å². The van der Waals surface area contributed by atoms with Gasteiger partial charge in [-0.25, -0.2) is 4.79 Å². The molecule has 1 aromatic rings. The molecule has 2 rings (SSSR count). The number of aromatic nitrogens is 1. The monoisotopic (exact) mass is 293 g/mol. The molecule has 0 aliphatic carbocycles. The molecule has 1 aliphatic rings. The largest absolute Gasteiger partial charge is 0.461 e. The van der Waals surface area contributed by atoms with E-state index in [-0.39, 0.29) is 18.4 Å². The molecule has 114 valence electrons. The van der Waals surface area contributed by atoms with Crippen LogP contribution in [-0.4, -0.2) is 42.3 Å². The highest BCUT2D eigenvalue weighted by atomic mass is 16.5. The van der Waals surface area contributed by atoms with Crippen LogP contribution in [0.25, 0.3) is 0 Å². The Kier molecular flexibility index (Phi) is 4.57. The van der Waals surface area contributed by atoms with Gasteiger partial charge in [0.25, 0.3) is 5.69 Å². The van der Waals surface area contributed by atoms with E-state index in [1.807, 2.05) is 13.8 Å². The van der Waals surface area contributed by atoms with E-state index in [0.717, 1.165) is 0 Å². The number of amides is 1. The maximum Gasteiger partial charge on any atom is 0.372 e. The third-order valence-electron chi connectivity index (χ3n) is 3.43. The topological polar surface area (TPSA) is 59.7 Å². The molecule has 1 saturated heterocycles. The molecule has 1 aliphatic heterocycles. The zero-order valence-corrected chi connectivity index (χ0v) is 12.7. The molecule has 0 bridgehead atoms. The molecule has 0 radical (unpaired) electrons. The Labute approximate surface area is 124 Å². The van der Waals surface area contributed by atoms with E-state index in [1.54, 1.807) is 40.8 Å². The molecule has 0 aromatic carbocycles. The number of hydrogen-bond acceptors (Lipinski definition) is 4. The van der Waals surface area contributed by atoms with Crippen molar-refractivity contribution in [3.63, 3.8) is 0 Å². The molecule has 0 spiro atoms. The molecule has 0 unspecified atom stereocenters. The smallest absolute Gasteiger partial charge is 0.372 e. The number of ether oxygens (including phenoxy) is 2. The summed E-state index contributed by atoms with van der Waals surface area (Å²) in [4.78, 5) is 26.0. The molecule has 6 heteroatoms. The predicted molar refractivity (Wildman–Crippen MR) is 74.3 cm³/mol. The minimum absolute atomic E-state index is 0.0187. The maximum atomic E-state index is 12.7. The molecular weight excluding hydrogens is 272 g/mol. The lowest BCUT2D eigenvalue weighted by molar-refractivity contribution is -0.688. The number of hydrogen-bond donors (Lipinski definition) is 0. The van der Waals surface area contributed by atoms with E-state index >= 15 is 0 Å². The van der Waals surface area contributed by atoms with Gasteiger partial charge in [0, 0.05) is 18.7 Å². The Morgan fingerprint density at radius 2 is 2.19 bits per heavy atom. The van der Waals surface area contributed by atoms with Crippen molar-refractivity contribution in [2.45, 2.75) is 33.0 Å². The van der Waals surface area contributed by atoms with Crippen LogP contribution in [0.2, 0.25) is 0 Å². The Balaban J connectivity index is 2.23. The SMILES string of the molecule is CCOC(=O)C[n+]1ccccc1C(=O)N1CCOC1(C)C. The number of nitrogens with zero attached hydrogens (tertiary/aromatic N) is 2. The van der Waals surface area contributed by atoms with E-state index in [9.17, 15) is 9.59 Å². The first-order valence-corrected chi connectivity index (χ1v) is 7.05. The maximum absolute atomic E-state index is 12.7. The van der Waals surface area contributed by atoms with Gasteiger partial charge in [0.1, 0.15) is 5.72 Å². The van der Waals surface area contributed by atoms with Crippen molar-refractivity contribution in [2.24, 2.45) is 0 Å². The van der Waals surface area contributed by atoms with Gasteiger partial charge in [-0.15, -0.1) is 0 Å². The summed E-state index contributed by atoms with van der Waals surface area (Å²) in [6.07, 6.45) is 1.70. The number of esters is 1. The summed E-state index contributed by atoms with van der Waals surface area (Å²) < 4.78 is 12.1. The van der Waals surface area contributed by atoms with Crippen molar-refractivity contribution < 1.29 is 23.6 Å². The van der Waals surface area contributed by atoms with Crippen molar-refractivity contribution in [3.8, 4) is 0 Å². The van der Waals surface area contributed by atoms with E-state index in [2.05, 4.69) is 0 Å². The van der Waals surface area contributed by atoms with Crippen LogP contribution < -0.4 is 4.57 Å². The summed E-state index contributed by atoms with van der Waals surface area (Å²) in [5, 5.41) is 0. The van der Waals surface area contributed by atoms with E-state index in [4.69, 9.17) is 9.47 Å². The van der Waals surface area contributed by atoms with Gasteiger partial charge in [-0.05, 0) is 26.8 Å². The summed E-state index contributed by atoms with van der Waals surface area (Å²) in [6.45, 7) is 6.87. The van der Waals surface area contributed by atoms with Crippen molar-refractivity contribution in [3.05, 3.63) is 30.1 Å². The van der Waals surface area contributed by atoms with Crippen LogP contribution in [-0.2, 0) is 20.8 Å². The van der Waals surface area contributed by atoms with Gasteiger partial charge in [0.05, 0.1) is 13.2 Å². The average Bonchev–Trinajstić information content (AvgIpc) is 2.78. The fourth-order valence-electron chi connectivity index (χ4n) is 2.37. The summed E-state index contributed by atoms with van der Waals surface area (Å²) in [5.74, 6) is -0.512. The van der Waals surface area contributed by atoms with Crippen LogP contribution in [0.15, 0.2) is 24.4 Å². The second-order valence-corrected chi connectivity index (χ2v) is 5.27. The average molecular weight is 293 g/mol. The molecule has 6 nitrogen and oxygen atoms in total. The lowest BCUT2D eigenvalue weighted by Gasteiger charge is -2.28. The van der Waals surface area contributed by atoms with Gasteiger partial charge in [0.15, 0.2) is 6.20 Å². The third kappa shape index (κ3) is 3.39. The molecule has 2 heterocycles. The minimum Gasteiger partial charge on any atom is -0.461 e. The molecule has 21 heavy (non-hydrogen) atoms. The second-order valence-electron chi connectivity index (χ2n) is 5.27. The highest BCUT2D eigenvalue weighted by molar-refractivity contribution is 5.91. The van der Waals surface area contributed by atoms with Crippen molar-refractivity contribution in [1.29, 1.82) is 0 Å². The van der Waals surface area contributed by atoms with Gasteiger partial charge in [-0.3, -0.25) is 4.79 Å². The summed E-state index contributed by atoms with van der Waals surface area (Å²) in [7, 11) is 0. The number of carbonyl (C=O) groups is 2. The first-order chi connectivity index (χ1) is 9.95. The van der Waals surface area contributed by atoms with Crippen LogP contribution in [0, 0.1) is 0 Å². The van der Waals surface area contributed by atoms with Crippen molar-refractivity contribution in [2.75, 3.05) is 19.8 Å². The summed E-state index contributed by atoms with van der Waals surface area (Å²) in [6, 6.07) is 5.26. The van der Waals surface area contributed by atoms with Gasteiger partial charge in [0.2, 0.25) is 6.54 Å². The highest BCUT2D eigenvalue weighted by Gasteiger charge is 2.40. The highest BCUT2D eigenvalue weighted by Crippen LogP contribution is 2.23. The zero-order chi connectivity index (χ0) is 15.5. The Hall–Kier alpha value is -1.95. The zero-order valence-electron chi connectivity index (χ0n) is 12.7. The van der Waals surface area contributed by atoms with Crippen LogP contribution in [0.5, 0.6) is 0 Å². The van der Waals surface area contributed by atoms with E-state index in [1.165, 1.54) is 0 Å². The minimum atomic E-state index is -0.630. The Bertz CT molecular complexity index is 542. The molecule has 0 atom stereocenters. The molecule has 0 saturated carbocycles. The van der Waals surface area contributed by atoms with E-state index in [0.29, 0.717) is 25.5 Å². The van der Waals surface area contributed by atoms with E-state index < -0.39 is 5.72 Å². The number of carbonyl (C=O) groups excluding carboxylic acids is 2. The molecule has 1 aromatic heterocycles. The standard InChI is InChI=1S/C15H21N2O4/c1-4-20-13(18)11-16-8-6-5-7-12(16)14(19)17-9-10-21-15(17,2)3/h5-8H,4,9-11H2,1-3H3/q+1. The van der Waals surface area contributed by atoms with Crippen LogP contribution in [0.1, 0.15) is 31.3 Å². The molecule has 1 fully saturated rings. The first kappa shape index (κ1) is 15.4. The lowest BCUT2D eigenvalue weighted by Crippen LogP contribution is -2.51. The fourth-order valence-corrected chi connectivity index (χ4v) is 2.37. The quantitative estimate of drug-likeness (QED) is 0.607. The first-order valence-electron chi connectivity index (χ1n) is 7.05.